The highest BCUT2D eigenvalue weighted by Crippen LogP contribution is 2.25. The quantitative estimate of drug-likeness (QED) is 0.829. The molecule has 2 unspecified atom stereocenters. The molecule has 1 fully saturated rings. The van der Waals surface area contributed by atoms with Crippen molar-refractivity contribution in [2.45, 2.75) is 47.0 Å². The number of carbonyl (C=O) groups excluding carboxylic acids is 1. The number of amides is 1. The monoisotopic (exact) mass is 276 g/mol. The van der Waals surface area contributed by atoms with Crippen LogP contribution in [0.5, 0.6) is 0 Å². The van der Waals surface area contributed by atoms with E-state index in [4.69, 9.17) is 0 Å². The van der Waals surface area contributed by atoms with E-state index < -0.39 is 0 Å². The summed E-state index contributed by atoms with van der Waals surface area (Å²) in [7, 11) is 0. The number of carbonyl (C=O) groups is 1. The molecule has 0 bridgehead atoms. The molecule has 3 nitrogen and oxygen atoms in total. The summed E-state index contributed by atoms with van der Waals surface area (Å²) in [5.41, 5.74) is 0.0521. The lowest BCUT2D eigenvalue weighted by Crippen LogP contribution is -2.38. The van der Waals surface area contributed by atoms with E-state index in [2.05, 4.69) is 31.4 Å². The number of nitrogens with one attached hydrogen (secondary N) is 2. The molecule has 0 aromatic rings. The van der Waals surface area contributed by atoms with Gasteiger partial charge in [0.2, 0.25) is 5.91 Å². The van der Waals surface area contributed by atoms with Crippen LogP contribution >= 0.6 is 12.4 Å². The van der Waals surface area contributed by atoms with Crippen LogP contribution in [0.2, 0.25) is 0 Å². The van der Waals surface area contributed by atoms with Gasteiger partial charge in [-0.05, 0) is 43.7 Å². The number of rotatable bonds is 4. The van der Waals surface area contributed by atoms with Gasteiger partial charge >= 0.3 is 0 Å². The Morgan fingerprint density at radius 1 is 1.44 bits per heavy atom. The Morgan fingerprint density at radius 2 is 2.11 bits per heavy atom. The van der Waals surface area contributed by atoms with E-state index in [-0.39, 0.29) is 29.6 Å². The first-order valence-corrected chi connectivity index (χ1v) is 6.89. The number of halogens is 1. The summed E-state index contributed by atoms with van der Waals surface area (Å²) in [4.78, 5) is 11.9. The van der Waals surface area contributed by atoms with Gasteiger partial charge in [0, 0.05) is 12.5 Å². The van der Waals surface area contributed by atoms with Crippen molar-refractivity contribution in [3.05, 3.63) is 0 Å². The summed E-state index contributed by atoms with van der Waals surface area (Å²) in [6.07, 6.45) is 3.68. The van der Waals surface area contributed by atoms with Crippen LogP contribution in [0.15, 0.2) is 0 Å². The maximum absolute atomic E-state index is 11.9. The Labute approximate surface area is 118 Å². The van der Waals surface area contributed by atoms with Gasteiger partial charge in [-0.1, -0.05) is 27.7 Å². The fraction of sp³-hybridized carbons (Fsp3) is 0.929. The van der Waals surface area contributed by atoms with Crippen LogP contribution in [-0.4, -0.2) is 25.5 Å². The summed E-state index contributed by atoms with van der Waals surface area (Å²) in [6, 6.07) is 0. The normalized spacial score (nSPS) is 21.9. The van der Waals surface area contributed by atoms with Crippen LogP contribution in [0.4, 0.5) is 0 Å². The highest BCUT2D eigenvalue weighted by molar-refractivity contribution is 5.85. The van der Waals surface area contributed by atoms with Crippen molar-refractivity contribution >= 4 is 18.3 Å². The minimum absolute atomic E-state index is 0. The molecule has 0 aromatic carbocycles. The summed E-state index contributed by atoms with van der Waals surface area (Å²) >= 11 is 0. The van der Waals surface area contributed by atoms with Crippen molar-refractivity contribution in [3.63, 3.8) is 0 Å². The molecule has 2 atom stereocenters. The van der Waals surface area contributed by atoms with E-state index in [0.29, 0.717) is 0 Å². The summed E-state index contributed by atoms with van der Waals surface area (Å²) in [5, 5.41) is 6.48. The molecule has 1 heterocycles. The molecule has 0 aliphatic carbocycles. The highest BCUT2D eigenvalue weighted by atomic mass is 35.5. The molecule has 4 heteroatoms. The summed E-state index contributed by atoms with van der Waals surface area (Å²) in [6.45, 7) is 11.4. The molecule has 1 amide bonds. The van der Waals surface area contributed by atoms with E-state index in [0.717, 1.165) is 32.0 Å². The molecule has 108 valence electrons. The van der Waals surface area contributed by atoms with Crippen molar-refractivity contribution in [1.29, 1.82) is 0 Å². The second-order valence-corrected chi connectivity index (χ2v) is 6.38. The molecule has 0 spiro atoms. The van der Waals surface area contributed by atoms with Gasteiger partial charge < -0.3 is 10.6 Å². The molecule has 0 radical (unpaired) electrons. The fourth-order valence-electron chi connectivity index (χ4n) is 2.12. The molecule has 18 heavy (non-hydrogen) atoms. The zero-order valence-corrected chi connectivity index (χ0v) is 13.0. The topological polar surface area (TPSA) is 41.1 Å². The molecular formula is C14H29ClN2O. The third kappa shape index (κ3) is 6.05. The van der Waals surface area contributed by atoms with Gasteiger partial charge in [-0.3, -0.25) is 4.79 Å². The molecule has 1 aliphatic rings. The maximum atomic E-state index is 11.9. The second kappa shape index (κ2) is 8.00. The Hall–Kier alpha value is -0.280. The van der Waals surface area contributed by atoms with Crippen molar-refractivity contribution in [1.82, 2.24) is 10.6 Å². The first kappa shape index (κ1) is 17.7. The fourth-order valence-corrected chi connectivity index (χ4v) is 2.12. The van der Waals surface area contributed by atoms with Crippen LogP contribution in [0, 0.1) is 17.3 Å². The lowest BCUT2D eigenvalue weighted by atomic mass is 9.81. The molecule has 1 rings (SSSR count). The van der Waals surface area contributed by atoms with E-state index in [1.807, 2.05) is 6.92 Å². The van der Waals surface area contributed by atoms with E-state index in [9.17, 15) is 4.79 Å². The summed E-state index contributed by atoms with van der Waals surface area (Å²) in [5.74, 6) is 1.02. The largest absolute Gasteiger partial charge is 0.356 e. The van der Waals surface area contributed by atoms with Gasteiger partial charge in [-0.2, -0.15) is 0 Å². The second-order valence-electron chi connectivity index (χ2n) is 6.38. The van der Waals surface area contributed by atoms with Gasteiger partial charge in [-0.25, -0.2) is 0 Å². The van der Waals surface area contributed by atoms with Crippen molar-refractivity contribution in [2.24, 2.45) is 17.3 Å². The number of hydrogen-bond acceptors (Lipinski definition) is 2. The van der Waals surface area contributed by atoms with E-state index in [1.54, 1.807) is 0 Å². The average Bonchev–Trinajstić information content (AvgIpc) is 2.28. The molecule has 0 saturated carbocycles. The highest BCUT2D eigenvalue weighted by Gasteiger charge is 2.26. The third-order valence-electron chi connectivity index (χ3n) is 3.94. The Morgan fingerprint density at radius 3 is 2.61 bits per heavy atom. The first-order valence-electron chi connectivity index (χ1n) is 6.89. The predicted octanol–water partition coefficient (Wildman–Crippen LogP) is 2.60. The van der Waals surface area contributed by atoms with Crippen molar-refractivity contribution < 1.29 is 4.79 Å². The molecule has 0 aromatic heterocycles. The predicted molar refractivity (Wildman–Crippen MR) is 79.1 cm³/mol. The van der Waals surface area contributed by atoms with Crippen LogP contribution in [0.3, 0.4) is 0 Å². The summed E-state index contributed by atoms with van der Waals surface area (Å²) < 4.78 is 0. The Balaban J connectivity index is 0.00000289. The minimum atomic E-state index is 0. The van der Waals surface area contributed by atoms with Gasteiger partial charge in [0.25, 0.3) is 0 Å². The van der Waals surface area contributed by atoms with Crippen LogP contribution < -0.4 is 10.6 Å². The smallest absolute Gasteiger partial charge is 0.223 e. The zero-order valence-electron chi connectivity index (χ0n) is 12.2. The van der Waals surface area contributed by atoms with Crippen molar-refractivity contribution in [2.75, 3.05) is 19.6 Å². The molecule has 2 N–H and O–H groups in total. The van der Waals surface area contributed by atoms with Crippen molar-refractivity contribution in [3.8, 4) is 0 Å². The maximum Gasteiger partial charge on any atom is 0.223 e. The van der Waals surface area contributed by atoms with Crippen LogP contribution in [0.1, 0.15) is 47.0 Å². The lowest BCUT2D eigenvalue weighted by Gasteiger charge is -2.27. The third-order valence-corrected chi connectivity index (χ3v) is 3.94. The first-order chi connectivity index (χ1) is 7.91. The Kier molecular flexibility index (Phi) is 7.88. The SMILES string of the molecule is CC(C(=O)NCCC1CCCNC1)C(C)(C)C.Cl. The molecule has 1 saturated heterocycles. The molecule has 1 aliphatic heterocycles. The Bertz CT molecular complexity index is 245. The van der Waals surface area contributed by atoms with Gasteiger partial charge in [0.1, 0.15) is 0 Å². The average molecular weight is 277 g/mol. The zero-order chi connectivity index (χ0) is 12.9. The van der Waals surface area contributed by atoms with Gasteiger partial charge in [0.15, 0.2) is 0 Å². The lowest BCUT2D eigenvalue weighted by molar-refractivity contribution is -0.127. The van der Waals surface area contributed by atoms with Crippen LogP contribution in [0.25, 0.3) is 0 Å². The van der Waals surface area contributed by atoms with Crippen LogP contribution in [-0.2, 0) is 4.79 Å². The number of piperidine rings is 1. The molecular weight excluding hydrogens is 248 g/mol. The van der Waals surface area contributed by atoms with Gasteiger partial charge in [0.05, 0.1) is 0 Å². The number of hydrogen-bond donors (Lipinski definition) is 2. The van der Waals surface area contributed by atoms with E-state index >= 15 is 0 Å². The standard InChI is InChI=1S/C14H28N2O.ClH/c1-11(14(2,3)4)13(17)16-9-7-12-6-5-8-15-10-12;/h11-12,15H,5-10H2,1-4H3,(H,16,17);1H. The van der Waals surface area contributed by atoms with Gasteiger partial charge in [-0.15, -0.1) is 12.4 Å². The minimum Gasteiger partial charge on any atom is -0.356 e. The van der Waals surface area contributed by atoms with E-state index in [1.165, 1.54) is 12.8 Å².